The maximum Gasteiger partial charge on any atom is 0.119 e. The third-order valence-corrected chi connectivity index (χ3v) is 1.19. The first-order valence-electron chi connectivity index (χ1n) is 7.85. The number of hydrogen-bond acceptors (Lipinski definition) is 4. The molecular weight excluding hydrogens is 292 g/mol. The lowest BCUT2D eigenvalue weighted by Crippen LogP contribution is -1.75. The van der Waals surface area contributed by atoms with Crippen LogP contribution in [0.4, 0.5) is 0 Å². The smallest absolute Gasteiger partial charge is 0.119 e. The highest BCUT2D eigenvalue weighted by Crippen LogP contribution is 1.78. The lowest BCUT2D eigenvalue weighted by Gasteiger charge is -1.79. The third-order valence-electron chi connectivity index (χ3n) is 1.19. The van der Waals surface area contributed by atoms with Crippen LogP contribution in [0.5, 0.6) is 0 Å². The maximum absolute atomic E-state index is 9.40. The summed E-state index contributed by atoms with van der Waals surface area (Å²) in [6.45, 7) is 16.8. The number of ether oxygens (including phenoxy) is 1. The van der Waals surface area contributed by atoms with E-state index < -0.39 is 0 Å². The van der Waals surface area contributed by atoms with E-state index in [9.17, 15) is 4.79 Å². The van der Waals surface area contributed by atoms with Crippen molar-refractivity contribution in [2.45, 2.75) is 60.3 Å². The van der Waals surface area contributed by atoms with Gasteiger partial charge in [-0.15, -0.1) is 13.2 Å². The number of carbonyl (C=O) groups is 1. The van der Waals surface area contributed by atoms with Crippen molar-refractivity contribution >= 4 is 6.29 Å². The molecule has 0 saturated heterocycles. The zero-order valence-corrected chi connectivity index (χ0v) is 16.5. The number of aliphatic hydroxyl groups is 2. The van der Waals surface area contributed by atoms with E-state index >= 15 is 0 Å². The molecule has 4 heteroatoms. The van der Waals surface area contributed by atoms with Gasteiger partial charge in [0.15, 0.2) is 0 Å². The molecule has 0 aromatic heterocycles. The average Bonchev–Trinajstić information content (AvgIpc) is 2.54. The molecule has 142 valence electrons. The van der Waals surface area contributed by atoms with Gasteiger partial charge in [0.1, 0.15) is 6.29 Å². The van der Waals surface area contributed by atoms with Crippen molar-refractivity contribution in [1.82, 2.24) is 0 Å². The molecule has 0 rings (SSSR count). The monoisotopic (exact) mass is 334 g/mol. The van der Waals surface area contributed by atoms with Gasteiger partial charge in [0.25, 0.3) is 0 Å². The molecule has 0 spiro atoms. The number of aldehydes is 1. The molecule has 0 aliphatic carbocycles. The van der Waals surface area contributed by atoms with Crippen molar-refractivity contribution in [1.29, 1.82) is 0 Å². The van der Waals surface area contributed by atoms with Gasteiger partial charge in [-0.1, -0.05) is 38.5 Å². The minimum Gasteiger partial charge on any atom is -0.505 e. The average molecular weight is 335 g/mol. The second-order valence-electron chi connectivity index (χ2n) is 3.55. The molecule has 0 heterocycles. The molecule has 0 aromatic carbocycles. The Bertz CT molecular complexity index is 170. The van der Waals surface area contributed by atoms with Crippen molar-refractivity contribution in [3.8, 4) is 0 Å². The van der Waals surface area contributed by atoms with Gasteiger partial charge < -0.3 is 19.7 Å². The van der Waals surface area contributed by atoms with Crippen LogP contribution in [0.3, 0.4) is 0 Å². The summed E-state index contributed by atoms with van der Waals surface area (Å²) in [6, 6.07) is 0. The first-order valence-corrected chi connectivity index (χ1v) is 7.85. The summed E-state index contributed by atoms with van der Waals surface area (Å²) >= 11 is 0. The van der Waals surface area contributed by atoms with Gasteiger partial charge in [0, 0.05) is 20.1 Å². The van der Waals surface area contributed by atoms with Gasteiger partial charge >= 0.3 is 0 Å². The van der Waals surface area contributed by atoms with Crippen LogP contribution in [0.25, 0.3) is 0 Å². The topological polar surface area (TPSA) is 66.8 Å². The Kier molecular flexibility index (Phi) is 141. The summed E-state index contributed by atoms with van der Waals surface area (Å²) in [5.41, 5.74) is 0. The second-order valence-corrected chi connectivity index (χ2v) is 3.55. The summed E-state index contributed by atoms with van der Waals surface area (Å²) in [5.74, 6) is 0. The fourth-order valence-corrected chi connectivity index (χ4v) is 0.412. The summed E-state index contributed by atoms with van der Waals surface area (Å²) in [4.78, 5) is 9.40. The molecule has 0 amide bonds. The molecule has 0 radical (unpaired) electrons. The molecule has 23 heavy (non-hydrogen) atoms. The fourth-order valence-electron chi connectivity index (χ4n) is 0.412. The van der Waals surface area contributed by atoms with Crippen LogP contribution in [-0.4, -0.2) is 37.3 Å². The van der Waals surface area contributed by atoms with Crippen molar-refractivity contribution < 1.29 is 19.7 Å². The SMILES string of the molecule is C/C=C\OC.C=CC.C=CC.CCCC=O.CCCCO.CO. The lowest BCUT2D eigenvalue weighted by molar-refractivity contribution is -0.107. The van der Waals surface area contributed by atoms with Crippen LogP contribution in [0, 0.1) is 0 Å². The van der Waals surface area contributed by atoms with E-state index in [2.05, 4.69) is 24.8 Å². The minimum atomic E-state index is 0.344. The summed E-state index contributed by atoms with van der Waals surface area (Å²) in [6.07, 6.45) is 11.6. The van der Waals surface area contributed by atoms with Gasteiger partial charge in [0.05, 0.1) is 13.4 Å². The first kappa shape index (κ1) is 37.7. The zero-order chi connectivity index (χ0) is 19.8. The Balaban J connectivity index is -0.0000000389. The highest BCUT2D eigenvalue weighted by molar-refractivity contribution is 5.48. The first-order chi connectivity index (χ1) is 11.1. The minimum absolute atomic E-state index is 0.344. The van der Waals surface area contributed by atoms with E-state index in [1.54, 1.807) is 25.5 Å². The molecule has 0 saturated carbocycles. The van der Waals surface area contributed by atoms with Crippen LogP contribution in [0.1, 0.15) is 60.3 Å². The van der Waals surface area contributed by atoms with E-state index in [4.69, 9.17) is 10.2 Å². The highest BCUT2D eigenvalue weighted by atomic mass is 16.5. The van der Waals surface area contributed by atoms with Crippen LogP contribution in [0.15, 0.2) is 37.6 Å². The third kappa shape index (κ3) is 336. The van der Waals surface area contributed by atoms with E-state index in [0.717, 1.165) is 32.7 Å². The molecule has 0 aliphatic heterocycles. The van der Waals surface area contributed by atoms with Gasteiger partial charge in [-0.2, -0.15) is 0 Å². The van der Waals surface area contributed by atoms with Crippen molar-refractivity contribution in [3.05, 3.63) is 37.6 Å². The van der Waals surface area contributed by atoms with Crippen molar-refractivity contribution in [3.63, 3.8) is 0 Å². The largest absolute Gasteiger partial charge is 0.505 e. The van der Waals surface area contributed by atoms with Crippen LogP contribution < -0.4 is 0 Å². The maximum atomic E-state index is 9.40. The van der Waals surface area contributed by atoms with Gasteiger partial charge in [-0.25, -0.2) is 0 Å². The molecule has 0 fully saturated rings. The number of allylic oxidation sites excluding steroid dienone is 3. The lowest BCUT2D eigenvalue weighted by atomic mass is 10.4. The number of hydrogen-bond donors (Lipinski definition) is 2. The normalized spacial score (nSPS) is 6.83. The van der Waals surface area contributed by atoms with Gasteiger partial charge in [-0.05, 0) is 33.6 Å². The number of unbranched alkanes of at least 4 members (excludes halogenated alkanes) is 2. The number of rotatable bonds is 5. The Labute approximate surface area is 145 Å². The molecule has 0 bridgehead atoms. The molecule has 0 atom stereocenters. The Hall–Kier alpha value is -1.39. The molecule has 0 unspecified atom stereocenters. The number of aliphatic hydroxyl groups excluding tert-OH is 2. The predicted octanol–water partition coefficient (Wildman–Crippen LogP) is 4.92. The van der Waals surface area contributed by atoms with E-state index in [1.165, 1.54) is 0 Å². The standard InChI is InChI=1S/C4H8O.C4H10O.C4H8O.2C3H6.CH4O/c1-3-4-5-2;2*1-2-3-4-5;2*1-3-2;1-2/h3-4H,1-2H3;5H,2-4H2,1H3;4H,2-3H2,1H3;2*3H,1H2,2H3;2H,1H3/b4-3-;;;;;. The molecule has 4 nitrogen and oxygen atoms in total. The molecule has 0 aliphatic rings. The van der Waals surface area contributed by atoms with E-state index in [1.807, 2.05) is 33.8 Å². The quantitative estimate of drug-likeness (QED) is 0.425. The Morgan fingerprint density at radius 1 is 1.00 bits per heavy atom. The van der Waals surface area contributed by atoms with E-state index in [-0.39, 0.29) is 0 Å². The van der Waals surface area contributed by atoms with Crippen LogP contribution >= 0.6 is 0 Å². The molecule has 2 N–H and O–H groups in total. The predicted molar refractivity (Wildman–Crippen MR) is 105 cm³/mol. The summed E-state index contributed by atoms with van der Waals surface area (Å²) < 4.78 is 4.51. The fraction of sp³-hybridized carbons (Fsp3) is 0.632. The summed E-state index contributed by atoms with van der Waals surface area (Å²) in [5, 5.41) is 15.1. The Morgan fingerprint density at radius 3 is 1.39 bits per heavy atom. The number of carbonyl (C=O) groups excluding carboxylic acids is 1. The molecular formula is C19H42O4. The Morgan fingerprint density at radius 2 is 1.39 bits per heavy atom. The number of methoxy groups -OCH3 is 1. The van der Waals surface area contributed by atoms with Crippen molar-refractivity contribution in [2.75, 3.05) is 20.8 Å². The van der Waals surface area contributed by atoms with Crippen molar-refractivity contribution in [2.24, 2.45) is 0 Å². The van der Waals surface area contributed by atoms with Crippen LogP contribution in [-0.2, 0) is 9.53 Å². The van der Waals surface area contributed by atoms with Gasteiger partial charge in [-0.3, -0.25) is 0 Å². The van der Waals surface area contributed by atoms with Crippen LogP contribution in [0.2, 0.25) is 0 Å². The second kappa shape index (κ2) is 85.8. The van der Waals surface area contributed by atoms with Gasteiger partial charge in [0.2, 0.25) is 0 Å². The molecule has 0 aromatic rings. The highest BCUT2D eigenvalue weighted by Gasteiger charge is 1.69. The summed E-state index contributed by atoms with van der Waals surface area (Å²) in [7, 11) is 2.62. The zero-order valence-electron chi connectivity index (χ0n) is 16.5. The van der Waals surface area contributed by atoms with E-state index in [0.29, 0.717) is 13.0 Å².